The lowest BCUT2D eigenvalue weighted by Gasteiger charge is -2.33. The molecule has 0 radical (unpaired) electrons. The number of anilines is 1. The lowest BCUT2D eigenvalue weighted by atomic mass is 10.3. The number of urea groups is 1. The lowest BCUT2D eigenvalue weighted by Crippen LogP contribution is -2.51. The number of piperazine rings is 1. The van der Waals surface area contributed by atoms with Crippen LogP contribution in [0.5, 0.6) is 0 Å². The van der Waals surface area contributed by atoms with Gasteiger partial charge in [0.25, 0.3) is 0 Å². The van der Waals surface area contributed by atoms with Crippen molar-refractivity contribution in [3.63, 3.8) is 0 Å². The van der Waals surface area contributed by atoms with Gasteiger partial charge in [0.2, 0.25) is 0 Å². The van der Waals surface area contributed by atoms with E-state index >= 15 is 0 Å². The van der Waals surface area contributed by atoms with Crippen molar-refractivity contribution in [1.29, 1.82) is 0 Å². The Morgan fingerprint density at radius 3 is 2.45 bits per heavy atom. The third-order valence-electron chi connectivity index (χ3n) is 3.38. The Hall–Kier alpha value is -2.09. The van der Waals surface area contributed by atoms with Crippen molar-refractivity contribution in [2.75, 3.05) is 38.0 Å². The number of amides is 2. The van der Waals surface area contributed by atoms with Crippen LogP contribution >= 0.6 is 0 Å². The molecule has 0 bridgehead atoms. The molecule has 110 valence electrons. The zero-order chi connectivity index (χ0) is 14.7. The third-order valence-corrected chi connectivity index (χ3v) is 3.38. The highest BCUT2D eigenvalue weighted by molar-refractivity contribution is 5.90. The molecule has 20 heavy (non-hydrogen) atoms. The minimum Gasteiger partial charge on any atom is -0.480 e. The maximum absolute atomic E-state index is 12.1. The van der Waals surface area contributed by atoms with Gasteiger partial charge in [-0.15, -0.1) is 0 Å². The minimum atomic E-state index is -0.840. The van der Waals surface area contributed by atoms with Crippen LogP contribution < -0.4 is 5.32 Å². The van der Waals surface area contributed by atoms with Crippen molar-refractivity contribution in [2.45, 2.75) is 13.8 Å². The summed E-state index contributed by atoms with van der Waals surface area (Å²) < 4.78 is 0. The highest BCUT2D eigenvalue weighted by Crippen LogP contribution is 2.17. The van der Waals surface area contributed by atoms with Crippen LogP contribution in [0.2, 0.25) is 0 Å². The van der Waals surface area contributed by atoms with Crippen molar-refractivity contribution in [2.24, 2.45) is 0 Å². The summed E-state index contributed by atoms with van der Waals surface area (Å²) in [5.41, 5.74) is 2.28. The fourth-order valence-electron chi connectivity index (χ4n) is 2.22. The van der Waals surface area contributed by atoms with Crippen molar-refractivity contribution >= 4 is 17.7 Å². The van der Waals surface area contributed by atoms with Crippen molar-refractivity contribution in [3.8, 4) is 0 Å². The highest BCUT2D eigenvalue weighted by atomic mass is 16.4. The number of H-pyrrole nitrogens is 1. The second-order valence-corrected chi connectivity index (χ2v) is 4.90. The molecule has 0 atom stereocenters. The molecular weight excluding hydrogens is 262 g/mol. The fraction of sp³-hybridized carbons (Fsp3) is 0.583. The average molecular weight is 281 g/mol. The predicted octanol–water partition coefficient (Wildman–Crippen LogP) is 0.261. The number of carboxylic acids is 1. The molecule has 1 fully saturated rings. The van der Waals surface area contributed by atoms with Gasteiger partial charge in [-0.25, -0.2) is 4.79 Å². The highest BCUT2D eigenvalue weighted by Gasteiger charge is 2.23. The number of nitrogens with zero attached hydrogens (tertiary/aromatic N) is 3. The first-order valence-electron chi connectivity index (χ1n) is 6.49. The zero-order valence-electron chi connectivity index (χ0n) is 11.6. The van der Waals surface area contributed by atoms with Gasteiger partial charge < -0.3 is 15.3 Å². The molecule has 2 amide bonds. The summed E-state index contributed by atoms with van der Waals surface area (Å²) in [5, 5.41) is 18.4. The number of carbonyl (C=O) groups excluding carboxylic acids is 1. The van der Waals surface area contributed by atoms with E-state index in [1.54, 1.807) is 4.90 Å². The summed E-state index contributed by atoms with van der Waals surface area (Å²) in [6, 6.07) is -0.174. The Balaban J connectivity index is 1.88. The maximum atomic E-state index is 12.1. The van der Waals surface area contributed by atoms with Crippen LogP contribution in [0.15, 0.2) is 0 Å². The molecule has 3 N–H and O–H groups in total. The van der Waals surface area contributed by atoms with E-state index in [0.29, 0.717) is 31.9 Å². The van der Waals surface area contributed by atoms with Crippen molar-refractivity contribution in [3.05, 3.63) is 11.4 Å². The Bertz CT molecular complexity index is 486. The number of aromatic amines is 1. The van der Waals surface area contributed by atoms with Crippen LogP contribution in [0.3, 0.4) is 0 Å². The van der Waals surface area contributed by atoms with Crippen LogP contribution in [0.25, 0.3) is 0 Å². The number of aryl methyl sites for hydroxylation is 2. The third kappa shape index (κ3) is 3.27. The molecule has 1 saturated heterocycles. The van der Waals surface area contributed by atoms with E-state index < -0.39 is 5.97 Å². The van der Waals surface area contributed by atoms with E-state index in [4.69, 9.17) is 5.11 Å². The van der Waals surface area contributed by atoms with E-state index in [2.05, 4.69) is 15.5 Å². The van der Waals surface area contributed by atoms with E-state index in [-0.39, 0.29) is 12.6 Å². The van der Waals surface area contributed by atoms with E-state index in [0.717, 1.165) is 11.4 Å². The molecular formula is C12H19N5O3. The number of nitrogens with one attached hydrogen (secondary N) is 2. The van der Waals surface area contributed by atoms with Gasteiger partial charge in [0.05, 0.1) is 23.6 Å². The topological polar surface area (TPSA) is 102 Å². The number of rotatable bonds is 3. The second-order valence-electron chi connectivity index (χ2n) is 4.90. The van der Waals surface area contributed by atoms with Crippen molar-refractivity contribution < 1.29 is 14.7 Å². The Kier molecular flexibility index (Phi) is 4.23. The first-order chi connectivity index (χ1) is 9.47. The maximum Gasteiger partial charge on any atom is 0.322 e. The summed E-state index contributed by atoms with van der Waals surface area (Å²) in [4.78, 5) is 26.3. The molecule has 2 heterocycles. The summed E-state index contributed by atoms with van der Waals surface area (Å²) in [6.45, 7) is 5.88. The summed E-state index contributed by atoms with van der Waals surface area (Å²) >= 11 is 0. The molecule has 1 aliphatic heterocycles. The molecule has 1 aromatic heterocycles. The second kappa shape index (κ2) is 5.91. The molecule has 0 saturated carbocycles. The molecule has 0 unspecified atom stereocenters. The van der Waals surface area contributed by atoms with Gasteiger partial charge >= 0.3 is 12.0 Å². The van der Waals surface area contributed by atoms with Crippen LogP contribution in [0, 0.1) is 13.8 Å². The zero-order valence-corrected chi connectivity index (χ0v) is 11.6. The van der Waals surface area contributed by atoms with Gasteiger partial charge in [-0.2, -0.15) is 5.10 Å². The summed E-state index contributed by atoms with van der Waals surface area (Å²) in [7, 11) is 0. The molecule has 1 aromatic rings. The first kappa shape index (κ1) is 14.3. The first-order valence-corrected chi connectivity index (χ1v) is 6.49. The molecule has 8 heteroatoms. The van der Waals surface area contributed by atoms with Gasteiger partial charge in [-0.1, -0.05) is 0 Å². The van der Waals surface area contributed by atoms with Crippen LogP contribution in [0.1, 0.15) is 11.4 Å². The monoisotopic (exact) mass is 281 g/mol. The van der Waals surface area contributed by atoms with Crippen LogP contribution in [-0.2, 0) is 4.79 Å². The number of aromatic nitrogens is 2. The number of carboxylic acid groups (broad SMARTS) is 1. The van der Waals surface area contributed by atoms with Crippen LogP contribution in [0.4, 0.5) is 10.5 Å². The Morgan fingerprint density at radius 2 is 1.95 bits per heavy atom. The molecule has 0 spiro atoms. The fourth-order valence-corrected chi connectivity index (χ4v) is 2.22. The smallest absolute Gasteiger partial charge is 0.322 e. The number of hydrogen-bond acceptors (Lipinski definition) is 4. The normalized spacial score (nSPS) is 16.2. The number of aliphatic carboxylic acids is 1. The quantitative estimate of drug-likeness (QED) is 0.737. The molecule has 1 aliphatic rings. The lowest BCUT2D eigenvalue weighted by molar-refractivity contribution is -0.138. The van der Waals surface area contributed by atoms with Crippen LogP contribution in [-0.4, -0.2) is 69.8 Å². The van der Waals surface area contributed by atoms with Crippen molar-refractivity contribution in [1.82, 2.24) is 20.0 Å². The van der Waals surface area contributed by atoms with E-state index in [9.17, 15) is 9.59 Å². The van der Waals surface area contributed by atoms with Gasteiger partial charge in [0.15, 0.2) is 0 Å². The van der Waals surface area contributed by atoms with Gasteiger partial charge in [0.1, 0.15) is 0 Å². The Morgan fingerprint density at radius 1 is 1.30 bits per heavy atom. The van der Waals surface area contributed by atoms with Gasteiger partial charge in [0, 0.05) is 26.2 Å². The number of hydrogen-bond donors (Lipinski definition) is 3. The van der Waals surface area contributed by atoms with Gasteiger partial charge in [-0.05, 0) is 13.8 Å². The molecule has 8 nitrogen and oxygen atoms in total. The average Bonchev–Trinajstić information content (AvgIpc) is 2.70. The largest absolute Gasteiger partial charge is 0.480 e. The predicted molar refractivity (Wildman–Crippen MR) is 72.7 cm³/mol. The number of carbonyl (C=O) groups is 2. The van der Waals surface area contributed by atoms with E-state index in [1.807, 2.05) is 18.7 Å². The molecule has 2 rings (SSSR count). The Labute approximate surface area is 116 Å². The SMILES string of the molecule is Cc1n[nH]c(C)c1NC(=O)N1CCN(CC(=O)O)CC1. The van der Waals surface area contributed by atoms with Gasteiger partial charge in [-0.3, -0.25) is 14.8 Å². The molecule has 0 aromatic carbocycles. The summed E-state index contributed by atoms with van der Waals surface area (Å²) in [6.07, 6.45) is 0. The molecule has 0 aliphatic carbocycles. The van der Waals surface area contributed by atoms with E-state index in [1.165, 1.54) is 0 Å². The minimum absolute atomic E-state index is 0.0232. The standard InChI is InChI=1S/C12H19N5O3/c1-8-11(9(2)15-14-8)13-12(20)17-5-3-16(4-6-17)7-10(18)19/h3-7H2,1-2H3,(H,13,20)(H,14,15)(H,18,19). The summed E-state index contributed by atoms with van der Waals surface area (Å²) in [5.74, 6) is -0.840.